The lowest BCUT2D eigenvalue weighted by Gasteiger charge is -2.07. The van der Waals surface area contributed by atoms with Crippen molar-refractivity contribution in [2.45, 2.75) is 32.0 Å². The third-order valence-electron chi connectivity index (χ3n) is 4.34. The molecule has 1 amide bonds. The van der Waals surface area contributed by atoms with Crippen LogP contribution in [-0.4, -0.2) is 32.2 Å². The number of nitrogens with zero attached hydrogens (tertiary/aromatic N) is 4. The standard InChI is InChI=1S/C21H25N7OS/c1-3-18(17-7-5-4-6-8-17)24-25-20-26-27-21(28(20)22)30-14-19(29)23-13-16-11-9-15(2)10-12-16/h4-12H,3,13-14,22H2,1-2H3,(H,23,29)(H,25,26)/b24-18-. The van der Waals surface area contributed by atoms with Crippen LogP contribution in [-0.2, 0) is 11.3 Å². The maximum atomic E-state index is 12.1. The molecule has 30 heavy (non-hydrogen) atoms. The van der Waals surface area contributed by atoms with Crippen molar-refractivity contribution in [3.8, 4) is 0 Å². The first kappa shape index (κ1) is 21.4. The number of nitrogen functional groups attached to an aromatic ring is 1. The SMILES string of the molecule is CC/C(=N/Nc1nnc(SCC(=O)NCc2ccc(C)cc2)n1N)c1ccccc1. The molecule has 4 N–H and O–H groups in total. The van der Waals surface area contributed by atoms with Crippen molar-refractivity contribution >= 4 is 29.3 Å². The molecule has 8 nitrogen and oxygen atoms in total. The maximum Gasteiger partial charge on any atom is 0.264 e. The van der Waals surface area contributed by atoms with Gasteiger partial charge in [0.15, 0.2) is 0 Å². The third-order valence-corrected chi connectivity index (χ3v) is 5.28. The number of carbonyl (C=O) groups is 1. The lowest BCUT2D eigenvalue weighted by atomic mass is 10.1. The number of amides is 1. The van der Waals surface area contributed by atoms with Gasteiger partial charge in [-0.3, -0.25) is 4.79 Å². The highest BCUT2D eigenvalue weighted by molar-refractivity contribution is 7.99. The van der Waals surface area contributed by atoms with Gasteiger partial charge in [0.25, 0.3) is 5.95 Å². The summed E-state index contributed by atoms with van der Waals surface area (Å²) in [6, 6.07) is 17.9. The van der Waals surface area contributed by atoms with Crippen LogP contribution >= 0.6 is 11.8 Å². The smallest absolute Gasteiger partial charge is 0.264 e. The quantitative estimate of drug-likeness (QED) is 0.211. The van der Waals surface area contributed by atoms with Gasteiger partial charge < -0.3 is 11.2 Å². The second kappa shape index (κ2) is 10.4. The molecule has 0 radical (unpaired) electrons. The van der Waals surface area contributed by atoms with Gasteiger partial charge >= 0.3 is 0 Å². The molecule has 1 heterocycles. The molecule has 0 saturated carbocycles. The Kier molecular flexibility index (Phi) is 7.45. The number of thioether (sulfide) groups is 1. The number of rotatable bonds is 9. The molecule has 3 rings (SSSR count). The molecule has 3 aromatic rings. The lowest BCUT2D eigenvalue weighted by Crippen LogP contribution is -2.25. The van der Waals surface area contributed by atoms with E-state index in [1.54, 1.807) is 0 Å². The second-order valence-electron chi connectivity index (χ2n) is 6.62. The van der Waals surface area contributed by atoms with Crippen molar-refractivity contribution in [2.75, 3.05) is 17.0 Å². The maximum absolute atomic E-state index is 12.1. The number of hydrogen-bond donors (Lipinski definition) is 3. The minimum Gasteiger partial charge on any atom is -0.351 e. The topological polar surface area (TPSA) is 110 Å². The fourth-order valence-electron chi connectivity index (χ4n) is 2.64. The Labute approximate surface area is 179 Å². The minimum absolute atomic E-state index is 0.103. The van der Waals surface area contributed by atoms with E-state index in [0.29, 0.717) is 17.6 Å². The minimum atomic E-state index is -0.103. The molecule has 1 aromatic heterocycles. The van der Waals surface area contributed by atoms with Crippen molar-refractivity contribution in [1.29, 1.82) is 0 Å². The molecule has 0 spiro atoms. The summed E-state index contributed by atoms with van der Waals surface area (Å²) in [5.74, 6) is 6.43. The van der Waals surface area contributed by atoms with Gasteiger partial charge in [-0.15, -0.1) is 10.2 Å². The van der Waals surface area contributed by atoms with Crippen LogP contribution in [0.15, 0.2) is 64.9 Å². The average Bonchev–Trinajstić information content (AvgIpc) is 3.12. The van der Waals surface area contributed by atoms with Gasteiger partial charge in [0, 0.05) is 6.54 Å². The fraction of sp³-hybridized carbons (Fsp3) is 0.238. The van der Waals surface area contributed by atoms with Crippen molar-refractivity contribution in [3.63, 3.8) is 0 Å². The lowest BCUT2D eigenvalue weighted by molar-refractivity contribution is -0.118. The van der Waals surface area contributed by atoms with Crippen molar-refractivity contribution < 1.29 is 4.79 Å². The summed E-state index contributed by atoms with van der Waals surface area (Å²) in [5.41, 5.74) is 7.00. The van der Waals surface area contributed by atoms with Crippen LogP contribution in [0, 0.1) is 6.92 Å². The number of hydrogen-bond acceptors (Lipinski definition) is 7. The summed E-state index contributed by atoms with van der Waals surface area (Å²) in [4.78, 5) is 12.1. The number of anilines is 1. The number of aromatic nitrogens is 3. The molecule has 0 saturated heterocycles. The predicted octanol–water partition coefficient (Wildman–Crippen LogP) is 2.94. The number of nitrogens with one attached hydrogen (secondary N) is 2. The Morgan fingerprint density at radius 3 is 2.57 bits per heavy atom. The molecule has 2 aromatic carbocycles. The normalized spacial score (nSPS) is 11.3. The Bertz CT molecular complexity index is 1000. The van der Waals surface area contributed by atoms with E-state index in [1.165, 1.54) is 22.0 Å². The van der Waals surface area contributed by atoms with E-state index in [1.807, 2.05) is 68.4 Å². The second-order valence-corrected chi connectivity index (χ2v) is 7.56. The van der Waals surface area contributed by atoms with E-state index in [2.05, 4.69) is 26.0 Å². The van der Waals surface area contributed by atoms with Crippen molar-refractivity contribution in [1.82, 2.24) is 20.2 Å². The van der Waals surface area contributed by atoms with Gasteiger partial charge in [-0.25, -0.2) is 10.1 Å². The first-order chi connectivity index (χ1) is 14.6. The van der Waals surface area contributed by atoms with Gasteiger partial charge in [-0.2, -0.15) is 5.10 Å². The van der Waals surface area contributed by atoms with Gasteiger partial charge in [0.2, 0.25) is 11.1 Å². The Balaban J connectivity index is 1.52. The molecule has 0 atom stereocenters. The highest BCUT2D eigenvalue weighted by atomic mass is 32.2. The zero-order chi connectivity index (χ0) is 21.3. The molecule has 156 valence electrons. The first-order valence-electron chi connectivity index (χ1n) is 9.60. The molecule has 9 heteroatoms. The first-order valence-corrected chi connectivity index (χ1v) is 10.6. The number of benzene rings is 2. The Morgan fingerprint density at radius 1 is 1.13 bits per heavy atom. The van der Waals surface area contributed by atoms with Gasteiger partial charge in [-0.1, -0.05) is 78.8 Å². The Morgan fingerprint density at radius 2 is 1.87 bits per heavy atom. The summed E-state index contributed by atoms with van der Waals surface area (Å²) in [6.45, 7) is 4.54. The summed E-state index contributed by atoms with van der Waals surface area (Å²) in [7, 11) is 0. The third kappa shape index (κ3) is 5.84. The summed E-state index contributed by atoms with van der Waals surface area (Å²) < 4.78 is 1.29. The number of carbonyl (C=O) groups excluding carboxylic acids is 1. The molecule has 0 fully saturated rings. The average molecular weight is 424 g/mol. The molecule has 0 unspecified atom stereocenters. The summed E-state index contributed by atoms with van der Waals surface area (Å²) in [6.07, 6.45) is 0.748. The van der Waals surface area contributed by atoms with Crippen LogP contribution in [0.2, 0.25) is 0 Å². The van der Waals surface area contributed by atoms with E-state index >= 15 is 0 Å². The van der Waals surface area contributed by atoms with Crippen LogP contribution in [0.3, 0.4) is 0 Å². The van der Waals surface area contributed by atoms with Crippen molar-refractivity contribution in [3.05, 3.63) is 71.3 Å². The number of nitrogens with two attached hydrogens (primary N) is 1. The largest absolute Gasteiger partial charge is 0.351 e. The van der Waals surface area contributed by atoms with E-state index in [-0.39, 0.29) is 11.7 Å². The number of aryl methyl sites for hydroxylation is 1. The van der Waals surface area contributed by atoms with E-state index < -0.39 is 0 Å². The highest BCUT2D eigenvalue weighted by Crippen LogP contribution is 2.17. The molecule has 0 aliphatic rings. The Hall–Kier alpha value is -3.33. The van der Waals surface area contributed by atoms with Crippen LogP contribution < -0.4 is 16.6 Å². The van der Waals surface area contributed by atoms with Crippen LogP contribution in [0.4, 0.5) is 5.95 Å². The van der Waals surface area contributed by atoms with Gasteiger partial charge in [0.1, 0.15) is 0 Å². The monoisotopic (exact) mass is 423 g/mol. The van der Waals surface area contributed by atoms with E-state index in [4.69, 9.17) is 5.84 Å². The zero-order valence-electron chi connectivity index (χ0n) is 17.0. The molecule has 0 aliphatic heterocycles. The fourth-order valence-corrected chi connectivity index (χ4v) is 3.32. The van der Waals surface area contributed by atoms with E-state index in [9.17, 15) is 4.79 Å². The highest BCUT2D eigenvalue weighted by Gasteiger charge is 2.12. The summed E-state index contributed by atoms with van der Waals surface area (Å²) in [5, 5.41) is 15.8. The van der Waals surface area contributed by atoms with Gasteiger partial charge in [-0.05, 0) is 24.5 Å². The molecular formula is C21H25N7OS. The molecular weight excluding hydrogens is 398 g/mol. The van der Waals surface area contributed by atoms with Crippen molar-refractivity contribution in [2.24, 2.45) is 5.10 Å². The van der Waals surface area contributed by atoms with Crippen LogP contribution in [0.25, 0.3) is 0 Å². The summed E-state index contributed by atoms with van der Waals surface area (Å²) >= 11 is 1.21. The number of hydrazone groups is 1. The van der Waals surface area contributed by atoms with Crippen LogP contribution in [0.1, 0.15) is 30.0 Å². The van der Waals surface area contributed by atoms with Gasteiger partial charge in [0.05, 0.1) is 11.5 Å². The zero-order valence-corrected chi connectivity index (χ0v) is 17.8. The van der Waals surface area contributed by atoms with Crippen LogP contribution in [0.5, 0.6) is 0 Å². The predicted molar refractivity (Wildman–Crippen MR) is 121 cm³/mol. The molecule has 0 aliphatic carbocycles. The van der Waals surface area contributed by atoms with E-state index in [0.717, 1.165) is 23.3 Å². The molecule has 0 bridgehead atoms.